The third kappa shape index (κ3) is 2.56. The van der Waals surface area contributed by atoms with Gasteiger partial charge in [0.05, 0.1) is 12.2 Å². The first kappa shape index (κ1) is 14.9. The van der Waals surface area contributed by atoms with E-state index in [0.29, 0.717) is 30.4 Å². The highest BCUT2D eigenvalue weighted by Crippen LogP contribution is 2.31. The molecule has 1 fully saturated rings. The summed E-state index contributed by atoms with van der Waals surface area (Å²) in [6.45, 7) is 2.89. The molecule has 7 nitrogen and oxygen atoms in total. The number of carboxylic acid groups (broad SMARTS) is 1. The Hall–Kier alpha value is -2.67. The van der Waals surface area contributed by atoms with E-state index in [9.17, 15) is 9.90 Å². The molecule has 1 aliphatic rings. The summed E-state index contributed by atoms with van der Waals surface area (Å²) in [5.41, 5.74) is 1.45. The van der Waals surface area contributed by atoms with Gasteiger partial charge in [-0.25, -0.2) is 9.67 Å². The van der Waals surface area contributed by atoms with Gasteiger partial charge in [0.1, 0.15) is 17.9 Å². The fraction of sp³-hybridized carbons (Fsp3) is 0.353. The second kappa shape index (κ2) is 5.76. The van der Waals surface area contributed by atoms with Crippen molar-refractivity contribution in [3.63, 3.8) is 0 Å². The van der Waals surface area contributed by atoms with Gasteiger partial charge in [-0.05, 0) is 25.5 Å². The maximum Gasteiger partial charge on any atom is 0.325 e. The smallest absolute Gasteiger partial charge is 0.325 e. The molecule has 0 spiro atoms. The minimum atomic E-state index is -0.960. The van der Waals surface area contributed by atoms with Crippen molar-refractivity contribution in [3.05, 3.63) is 35.9 Å². The van der Waals surface area contributed by atoms with Gasteiger partial charge in [0.15, 0.2) is 11.6 Å². The Balaban J connectivity index is 1.86. The van der Waals surface area contributed by atoms with Crippen LogP contribution < -0.4 is 0 Å². The van der Waals surface area contributed by atoms with Gasteiger partial charge in [0, 0.05) is 17.9 Å². The summed E-state index contributed by atoms with van der Waals surface area (Å²) in [6.07, 6.45) is 0.848. The van der Waals surface area contributed by atoms with Crippen LogP contribution in [0.5, 0.6) is 0 Å². The van der Waals surface area contributed by atoms with Crippen LogP contribution in [0.1, 0.15) is 23.9 Å². The zero-order valence-corrected chi connectivity index (χ0v) is 13.2. The first-order chi connectivity index (χ1) is 11.6. The second-order valence-electron chi connectivity index (χ2n) is 5.99. The number of hydrogen-bond donors (Lipinski definition) is 1. The number of furan rings is 1. The zero-order valence-electron chi connectivity index (χ0n) is 13.2. The number of ether oxygens (including phenoxy) is 1. The molecule has 3 heterocycles. The van der Waals surface area contributed by atoms with Crippen molar-refractivity contribution >= 4 is 16.9 Å². The van der Waals surface area contributed by atoms with Gasteiger partial charge in [-0.15, -0.1) is 0 Å². The van der Waals surface area contributed by atoms with Crippen LogP contribution in [0.15, 0.2) is 28.7 Å². The predicted molar refractivity (Wildman–Crippen MR) is 85.8 cm³/mol. The number of benzene rings is 1. The van der Waals surface area contributed by atoms with E-state index in [2.05, 4.69) is 10.1 Å². The second-order valence-corrected chi connectivity index (χ2v) is 5.99. The summed E-state index contributed by atoms with van der Waals surface area (Å²) in [5.74, 6) is 1.09. The van der Waals surface area contributed by atoms with E-state index in [1.807, 2.05) is 31.2 Å². The quantitative estimate of drug-likeness (QED) is 0.792. The highest BCUT2D eigenvalue weighted by Gasteiger charge is 2.25. The van der Waals surface area contributed by atoms with Crippen LogP contribution in [-0.2, 0) is 16.1 Å². The van der Waals surface area contributed by atoms with Gasteiger partial charge < -0.3 is 14.3 Å². The summed E-state index contributed by atoms with van der Waals surface area (Å²) in [5, 5.41) is 14.6. The molecular formula is C17H17N3O4. The van der Waals surface area contributed by atoms with Gasteiger partial charge in [-0.2, -0.15) is 5.10 Å². The van der Waals surface area contributed by atoms with Crippen LogP contribution in [0.2, 0.25) is 0 Å². The number of aryl methyl sites for hydroxylation is 1. The molecule has 0 amide bonds. The van der Waals surface area contributed by atoms with Gasteiger partial charge in [0.2, 0.25) is 0 Å². The summed E-state index contributed by atoms with van der Waals surface area (Å²) in [7, 11) is 0. The molecule has 1 atom stereocenters. The van der Waals surface area contributed by atoms with Crippen LogP contribution >= 0.6 is 0 Å². The Morgan fingerprint density at radius 2 is 2.33 bits per heavy atom. The highest BCUT2D eigenvalue weighted by atomic mass is 16.5. The molecule has 1 saturated heterocycles. The van der Waals surface area contributed by atoms with E-state index in [-0.39, 0.29) is 12.5 Å². The standard InChI is InChI=1S/C17H17N3O4/c1-10-7-11-3-2-4-13(15(11)24-10)17-18-16(12-5-6-23-9-12)19-20(17)8-14(21)22/h2-4,7,12H,5-6,8-9H2,1H3,(H,21,22)/t12-/m0/s1. The highest BCUT2D eigenvalue weighted by molar-refractivity contribution is 5.91. The lowest BCUT2D eigenvalue weighted by atomic mass is 10.1. The molecule has 24 heavy (non-hydrogen) atoms. The van der Waals surface area contributed by atoms with E-state index >= 15 is 0 Å². The third-order valence-corrected chi connectivity index (χ3v) is 4.18. The maximum absolute atomic E-state index is 11.2. The lowest BCUT2D eigenvalue weighted by Crippen LogP contribution is -2.12. The SMILES string of the molecule is Cc1cc2cccc(-c3nc([C@H]4CCOC4)nn3CC(=O)O)c2o1. The number of fused-ring (bicyclic) bond motifs is 1. The number of aliphatic carboxylic acids is 1. The number of hydrogen-bond acceptors (Lipinski definition) is 5. The van der Waals surface area contributed by atoms with Crippen LogP contribution in [0.4, 0.5) is 0 Å². The molecule has 2 aromatic heterocycles. The molecule has 1 N–H and O–H groups in total. The van der Waals surface area contributed by atoms with E-state index in [1.165, 1.54) is 4.68 Å². The molecule has 4 rings (SSSR count). The van der Waals surface area contributed by atoms with Crippen molar-refractivity contribution in [1.82, 2.24) is 14.8 Å². The van der Waals surface area contributed by atoms with Crippen molar-refractivity contribution in [1.29, 1.82) is 0 Å². The predicted octanol–water partition coefficient (Wildman–Crippen LogP) is 2.59. The third-order valence-electron chi connectivity index (χ3n) is 4.18. The average molecular weight is 327 g/mol. The van der Waals surface area contributed by atoms with Crippen molar-refractivity contribution in [3.8, 4) is 11.4 Å². The Morgan fingerprint density at radius 3 is 3.08 bits per heavy atom. The molecule has 0 unspecified atom stereocenters. The molecule has 3 aromatic rings. The molecular weight excluding hydrogens is 310 g/mol. The Morgan fingerprint density at radius 1 is 1.46 bits per heavy atom. The van der Waals surface area contributed by atoms with Crippen LogP contribution in [-0.4, -0.2) is 39.1 Å². The topological polar surface area (TPSA) is 90.4 Å². The number of nitrogens with zero attached hydrogens (tertiary/aromatic N) is 3. The lowest BCUT2D eigenvalue weighted by Gasteiger charge is -2.03. The van der Waals surface area contributed by atoms with E-state index < -0.39 is 5.97 Å². The van der Waals surface area contributed by atoms with Crippen molar-refractivity contribution in [2.45, 2.75) is 25.8 Å². The lowest BCUT2D eigenvalue weighted by molar-refractivity contribution is -0.137. The molecule has 0 saturated carbocycles. The fourth-order valence-electron chi connectivity index (χ4n) is 3.08. The fourth-order valence-corrected chi connectivity index (χ4v) is 3.08. The van der Waals surface area contributed by atoms with Gasteiger partial charge in [-0.1, -0.05) is 12.1 Å². The molecule has 1 aromatic carbocycles. The Kier molecular flexibility index (Phi) is 3.57. The van der Waals surface area contributed by atoms with E-state index in [4.69, 9.17) is 9.15 Å². The monoisotopic (exact) mass is 327 g/mol. The van der Waals surface area contributed by atoms with Crippen LogP contribution in [0.25, 0.3) is 22.4 Å². The number of aromatic nitrogens is 3. The number of carbonyl (C=O) groups is 1. The molecule has 0 radical (unpaired) electrons. The molecule has 0 aliphatic carbocycles. The minimum Gasteiger partial charge on any atom is -0.480 e. The normalized spacial score (nSPS) is 17.6. The maximum atomic E-state index is 11.2. The summed E-state index contributed by atoms with van der Waals surface area (Å²) >= 11 is 0. The molecule has 1 aliphatic heterocycles. The van der Waals surface area contributed by atoms with Crippen molar-refractivity contribution in [2.75, 3.05) is 13.2 Å². The van der Waals surface area contributed by atoms with E-state index in [1.54, 1.807) is 0 Å². The number of carboxylic acids is 1. The zero-order chi connectivity index (χ0) is 16.7. The number of para-hydroxylation sites is 1. The van der Waals surface area contributed by atoms with Crippen molar-refractivity contribution in [2.24, 2.45) is 0 Å². The average Bonchev–Trinajstić information content (AvgIpc) is 3.23. The van der Waals surface area contributed by atoms with Crippen LogP contribution in [0.3, 0.4) is 0 Å². The minimum absolute atomic E-state index is 0.108. The van der Waals surface area contributed by atoms with Crippen molar-refractivity contribution < 1.29 is 19.1 Å². The first-order valence-corrected chi connectivity index (χ1v) is 7.85. The van der Waals surface area contributed by atoms with Gasteiger partial charge >= 0.3 is 5.97 Å². The van der Waals surface area contributed by atoms with Gasteiger partial charge in [0.25, 0.3) is 0 Å². The Bertz CT molecular complexity index is 906. The molecule has 7 heteroatoms. The summed E-state index contributed by atoms with van der Waals surface area (Å²) in [4.78, 5) is 15.8. The van der Waals surface area contributed by atoms with E-state index in [0.717, 1.165) is 23.1 Å². The summed E-state index contributed by atoms with van der Waals surface area (Å²) in [6, 6.07) is 7.69. The summed E-state index contributed by atoms with van der Waals surface area (Å²) < 4.78 is 12.6. The van der Waals surface area contributed by atoms with Gasteiger partial charge in [-0.3, -0.25) is 4.79 Å². The largest absolute Gasteiger partial charge is 0.480 e. The number of rotatable bonds is 4. The Labute approximate surface area is 137 Å². The first-order valence-electron chi connectivity index (χ1n) is 7.85. The molecule has 124 valence electrons. The van der Waals surface area contributed by atoms with Crippen LogP contribution in [0, 0.1) is 6.92 Å². The molecule has 0 bridgehead atoms.